The number of aryl methyl sites for hydroxylation is 3. The summed E-state index contributed by atoms with van der Waals surface area (Å²) in [5.41, 5.74) is 7.52. The van der Waals surface area contributed by atoms with Crippen LogP contribution in [0.1, 0.15) is 83.3 Å². The van der Waals surface area contributed by atoms with Gasteiger partial charge < -0.3 is 14.5 Å². The molecule has 0 spiro atoms. The first-order valence-corrected chi connectivity index (χ1v) is 18.1. The van der Waals surface area contributed by atoms with Crippen molar-refractivity contribution in [2.45, 2.75) is 79.2 Å². The number of nitrogens with zero attached hydrogens (tertiary/aromatic N) is 2. The monoisotopic (exact) mass is 724 g/mol. The van der Waals surface area contributed by atoms with Crippen LogP contribution < -0.4 is 4.74 Å². The molecule has 0 aliphatic carbocycles. The van der Waals surface area contributed by atoms with Gasteiger partial charge in [0.1, 0.15) is 11.5 Å². The molecule has 53 heavy (non-hydrogen) atoms. The summed E-state index contributed by atoms with van der Waals surface area (Å²) in [5, 5.41) is 17.8. The largest absolute Gasteiger partial charge is 0.487 e. The van der Waals surface area contributed by atoms with E-state index < -0.39 is 19.0 Å². The van der Waals surface area contributed by atoms with Gasteiger partial charge in [-0.3, -0.25) is 4.79 Å². The van der Waals surface area contributed by atoms with Gasteiger partial charge in [-0.05, 0) is 98.2 Å². The van der Waals surface area contributed by atoms with E-state index in [0.717, 1.165) is 81.5 Å². The third-order valence-corrected chi connectivity index (χ3v) is 10.2. The highest BCUT2D eigenvalue weighted by Gasteiger charge is 2.41. The molecule has 9 heteroatoms. The average Bonchev–Trinajstić information content (AvgIpc) is 3.45. The second-order valence-corrected chi connectivity index (χ2v) is 14.1. The van der Waals surface area contributed by atoms with Crippen LogP contribution in [0.5, 0.6) is 5.75 Å². The summed E-state index contributed by atoms with van der Waals surface area (Å²) in [6.07, 6.45) is 0.494. The molecule has 0 aliphatic rings. The minimum atomic E-state index is -4.29. The van der Waals surface area contributed by atoms with Crippen molar-refractivity contribution in [1.82, 2.24) is 4.57 Å². The smallest absolute Gasteiger partial charge is 0.340 e. The van der Waals surface area contributed by atoms with Crippen LogP contribution in [0.15, 0.2) is 90.1 Å². The van der Waals surface area contributed by atoms with Gasteiger partial charge in [-0.1, -0.05) is 80.2 Å². The second kappa shape index (κ2) is 15.4. The van der Waals surface area contributed by atoms with E-state index in [1.807, 2.05) is 81.4 Å². The van der Waals surface area contributed by atoms with Crippen molar-refractivity contribution in [1.29, 1.82) is 0 Å². The lowest BCUT2D eigenvalue weighted by atomic mass is 9.91. The summed E-state index contributed by atoms with van der Waals surface area (Å²) < 4.78 is 59.7. The SMILES string of the molecule is CCCCC(CC)Cn1c2ccc(C(=O)c3c(C)cc(C)cc3C)cc2c2cc(C(=NO)c3ccc(OCC(F)(F)C(F)F)cc3)c3ccccc3c21. The number of halogens is 4. The molecular formula is C44H44F4N2O3. The molecular weight excluding hydrogens is 680 g/mol. The number of carbonyl (C=O) groups excluding carboxylic acids is 1. The minimum Gasteiger partial charge on any atom is -0.487 e. The van der Waals surface area contributed by atoms with Gasteiger partial charge in [-0.2, -0.15) is 8.78 Å². The maximum absolute atomic E-state index is 14.2. The fourth-order valence-corrected chi connectivity index (χ4v) is 7.57. The number of unbranched alkanes of at least 4 members (excludes halogenated alkanes) is 1. The number of ketones is 1. The van der Waals surface area contributed by atoms with Gasteiger partial charge in [0.25, 0.3) is 0 Å². The maximum Gasteiger partial charge on any atom is 0.340 e. The van der Waals surface area contributed by atoms with Crippen LogP contribution in [-0.2, 0) is 6.54 Å². The van der Waals surface area contributed by atoms with Crippen molar-refractivity contribution < 1.29 is 32.3 Å². The highest BCUT2D eigenvalue weighted by molar-refractivity contribution is 6.27. The van der Waals surface area contributed by atoms with Crippen LogP contribution in [0.3, 0.4) is 0 Å². The third-order valence-electron chi connectivity index (χ3n) is 10.2. The number of hydrogen-bond donors (Lipinski definition) is 1. The first kappa shape index (κ1) is 37.6. The van der Waals surface area contributed by atoms with E-state index >= 15 is 0 Å². The quantitative estimate of drug-likeness (QED) is 0.0400. The van der Waals surface area contributed by atoms with Gasteiger partial charge in [0.05, 0.1) is 5.52 Å². The van der Waals surface area contributed by atoms with Crippen LogP contribution >= 0.6 is 0 Å². The second-order valence-electron chi connectivity index (χ2n) is 14.1. The van der Waals surface area contributed by atoms with E-state index in [9.17, 15) is 27.6 Å². The molecule has 1 heterocycles. The molecule has 1 atom stereocenters. The number of aromatic nitrogens is 1. The minimum absolute atomic E-state index is 0.0282. The molecule has 0 amide bonds. The highest BCUT2D eigenvalue weighted by atomic mass is 19.3. The standard InChI is InChI=1S/C44H44F4N2O3/c1-6-8-11-29(7-2)24-50-38-19-16-31(42(51)39-27(4)20-26(3)21-28(39)5)22-35(38)37-23-36(33-12-9-10-13-34(33)41(37)50)40(49-52)30-14-17-32(18-15-30)53-25-44(47,48)43(45)46/h9-10,12-23,29,43,52H,6-8,11,24-25H2,1-5H3. The van der Waals surface area contributed by atoms with E-state index in [0.29, 0.717) is 28.2 Å². The predicted octanol–water partition coefficient (Wildman–Crippen LogP) is 11.8. The fraction of sp³-hybridized carbons (Fsp3) is 0.318. The van der Waals surface area contributed by atoms with Gasteiger partial charge in [0.15, 0.2) is 12.4 Å². The van der Waals surface area contributed by atoms with E-state index in [1.54, 1.807) is 0 Å². The lowest BCUT2D eigenvalue weighted by molar-refractivity contribution is -0.148. The molecule has 0 aliphatic heterocycles. The molecule has 6 rings (SSSR count). The van der Waals surface area contributed by atoms with Crippen molar-refractivity contribution in [2.24, 2.45) is 11.1 Å². The number of alkyl halides is 4. The summed E-state index contributed by atoms with van der Waals surface area (Å²) in [6, 6.07) is 25.7. The van der Waals surface area contributed by atoms with Crippen molar-refractivity contribution >= 4 is 44.1 Å². The molecule has 6 aromatic rings. The van der Waals surface area contributed by atoms with E-state index in [4.69, 9.17) is 4.74 Å². The zero-order chi connectivity index (χ0) is 38.0. The molecule has 0 bridgehead atoms. The Morgan fingerprint density at radius 3 is 2.13 bits per heavy atom. The summed E-state index contributed by atoms with van der Waals surface area (Å²) in [7, 11) is 0. The van der Waals surface area contributed by atoms with Gasteiger partial charge >= 0.3 is 12.3 Å². The molecule has 0 radical (unpaired) electrons. The molecule has 276 valence electrons. The van der Waals surface area contributed by atoms with Crippen LogP contribution in [0, 0.1) is 26.7 Å². The van der Waals surface area contributed by atoms with Crippen molar-refractivity contribution in [2.75, 3.05) is 6.61 Å². The van der Waals surface area contributed by atoms with Gasteiger partial charge in [0, 0.05) is 50.5 Å². The Labute approximate surface area is 306 Å². The zero-order valence-corrected chi connectivity index (χ0v) is 30.7. The Hall–Kier alpha value is -5.18. The number of rotatable bonds is 14. The van der Waals surface area contributed by atoms with E-state index in [2.05, 4.69) is 23.6 Å². The lowest BCUT2D eigenvalue weighted by Crippen LogP contribution is -2.33. The molecule has 0 saturated heterocycles. The Kier molecular flexibility index (Phi) is 10.9. The number of fused-ring (bicyclic) bond motifs is 5. The molecule has 1 aromatic heterocycles. The lowest BCUT2D eigenvalue weighted by Gasteiger charge is -2.19. The highest BCUT2D eigenvalue weighted by Crippen LogP contribution is 2.39. The fourth-order valence-electron chi connectivity index (χ4n) is 7.57. The maximum atomic E-state index is 14.2. The number of benzene rings is 5. The Bertz CT molecular complexity index is 2300. The number of carbonyl (C=O) groups is 1. The molecule has 0 saturated carbocycles. The van der Waals surface area contributed by atoms with Crippen LogP contribution in [0.4, 0.5) is 17.6 Å². The summed E-state index contributed by atoms with van der Waals surface area (Å²) >= 11 is 0. The van der Waals surface area contributed by atoms with E-state index in [1.165, 1.54) is 24.3 Å². The topological polar surface area (TPSA) is 63.8 Å². The third kappa shape index (κ3) is 7.39. The normalized spacial score (nSPS) is 13.1. The van der Waals surface area contributed by atoms with Gasteiger partial charge in [0.2, 0.25) is 0 Å². The number of oxime groups is 1. The average molecular weight is 725 g/mol. The molecule has 5 nitrogen and oxygen atoms in total. The Morgan fingerprint density at radius 2 is 1.51 bits per heavy atom. The van der Waals surface area contributed by atoms with Gasteiger partial charge in [-0.15, -0.1) is 0 Å². The van der Waals surface area contributed by atoms with Gasteiger partial charge in [-0.25, -0.2) is 8.78 Å². The Morgan fingerprint density at radius 1 is 0.849 bits per heavy atom. The zero-order valence-electron chi connectivity index (χ0n) is 30.7. The summed E-state index contributed by atoms with van der Waals surface area (Å²) in [5.74, 6) is -3.94. The molecule has 5 aromatic carbocycles. The van der Waals surface area contributed by atoms with Crippen LogP contribution in [0.25, 0.3) is 32.6 Å². The molecule has 1 unspecified atom stereocenters. The molecule has 1 N–H and O–H groups in total. The number of ether oxygens (including phenoxy) is 1. The van der Waals surface area contributed by atoms with Crippen LogP contribution in [0.2, 0.25) is 0 Å². The number of hydrogen-bond acceptors (Lipinski definition) is 4. The van der Waals surface area contributed by atoms with Crippen molar-refractivity contribution in [3.63, 3.8) is 0 Å². The molecule has 0 fully saturated rings. The van der Waals surface area contributed by atoms with E-state index in [-0.39, 0.29) is 17.2 Å². The van der Waals surface area contributed by atoms with Crippen molar-refractivity contribution in [3.8, 4) is 5.75 Å². The predicted molar refractivity (Wildman–Crippen MR) is 205 cm³/mol. The summed E-state index contributed by atoms with van der Waals surface area (Å²) in [4.78, 5) is 14.2. The first-order chi connectivity index (χ1) is 25.4. The Balaban J connectivity index is 1.54. The first-order valence-electron chi connectivity index (χ1n) is 18.1. The summed E-state index contributed by atoms with van der Waals surface area (Å²) in [6.45, 7) is 9.68. The van der Waals surface area contributed by atoms with Crippen LogP contribution in [-0.4, -0.2) is 40.2 Å². The van der Waals surface area contributed by atoms with Crippen molar-refractivity contribution in [3.05, 3.63) is 124 Å².